The number of aromatic nitrogens is 1. The van der Waals surface area contributed by atoms with Crippen molar-refractivity contribution in [2.24, 2.45) is 4.99 Å². The van der Waals surface area contributed by atoms with Gasteiger partial charge in [-0.05, 0) is 35.2 Å². The predicted molar refractivity (Wildman–Crippen MR) is 112 cm³/mol. The van der Waals surface area contributed by atoms with Crippen LogP contribution >= 0.6 is 24.0 Å². The van der Waals surface area contributed by atoms with Crippen molar-refractivity contribution < 1.29 is 4.39 Å². The van der Waals surface area contributed by atoms with E-state index in [-0.39, 0.29) is 29.8 Å². The first-order valence-electron chi connectivity index (χ1n) is 7.88. The molecule has 0 aliphatic rings. The molecule has 0 spiro atoms. The smallest absolute Gasteiger partial charge is 0.194 e. The normalized spacial score (nSPS) is 11.2. The van der Waals surface area contributed by atoms with E-state index in [0.717, 1.165) is 22.7 Å². The minimum atomic E-state index is -0.220. The van der Waals surface area contributed by atoms with Gasteiger partial charge in [0.15, 0.2) is 5.96 Å². The topological polar surface area (TPSA) is 43.4 Å². The fourth-order valence-corrected chi connectivity index (χ4v) is 2.73. The van der Waals surface area contributed by atoms with Gasteiger partial charge in [-0.2, -0.15) is 0 Å². The van der Waals surface area contributed by atoms with Crippen molar-refractivity contribution in [3.63, 3.8) is 0 Å². The number of hydrogen-bond acceptors (Lipinski definition) is 1. The van der Waals surface area contributed by atoms with Gasteiger partial charge in [-0.3, -0.25) is 4.99 Å². The largest absolute Gasteiger partial charge is 0.357 e. The van der Waals surface area contributed by atoms with Gasteiger partial charge in [-0.25, -0.2) is 4.39 Å². The number of fused-ring (bicyclic) bond motifs is 1. The van der Waals surface area contributed by atoms with Gasteiger partial charge in [-0.1, -0.05) is 30.3 Å². The monoisotopic (exact) mass is 452 g/mol. The zero-order valence-corrected chi connectivity index (χ0v) is 16.6. The second kappa shape index (κ2) is 8.84. The summed E-state index contributed by atoms with van der Waals surface area (Å²) < 4.78 is 13.0. The average Bonchev–Trinajstić information content (AvgIpc) is 3.00. The van der Waals surface area contributed by atoms with Gasteiger partial charge in [0, 0.05) is 31.9 Å². The third-order valence-corrected chi connectivity index (χ3v) is 3.93. The van der Waals surface area contributed by atoms with Gasteiger partial charge in [0.2, 0.25) is 0 Å². The molecular weight excluding hydrogens is 430 g/mol. The fraction of sp³-hybridized carbons (Fsp3) is 0.211. The quantitative estimate of drug-likeness (QED) is 0.355. The standard InChI is InChI=1S/C19H21FN4.HI/c1-21-19(24(2)13-14-7-9-16(20)10-8-14)22-12-17-11-15-5-3-4-6-18(15)23-17;/h3-11,23H,12-13H2,1-2H3,(H,21,22);1H. The van der Waals surface area contributed by atoms with E-state index in [2.05, 4.69) is 33.5 Å². The summed E-state index contributed by atoms with van der Waals surface area (Å²) in [5, 5.41) is 4.55. The molecular formula is C19H22FIN4. The molecule has 1 aromatic heterocycles. The highest BCUT2D eigenvalue weighted by Crippen LogP contribution is 2.14. The number of para-hydroxylation sites is 1. The maximum absolute atomic E-state index is 13.0. The second-order valence-corrected chi connectivity index (χ2v) is 5.77. The highest BCUT2D eigenvalue weighted by molar-refractivity contribution is 14.0. The number of nitrogens with one attached hydrogen (secondary N) is 2. The molecule has 0 atom stereocenters. The van der Waals surface area contributed by atoms with E-state index in [1.54, 1.807) is 19.2 Å². The van der Waals surface area contributed by atoms with Gasteiger partial charge in [-0.15, -0.1) is 24.0 Å². The minimum absolute atomic E-state index is 0. The highest BCUT2D eigenvalue weighted by atomic mass is 127. The van der Waals surface area contributed by atoms with Crippen LogP contribution < -0.4 is 5.32 Å². The third kappa shape index (κ3) is 4.94. The van der Waals surface area contributed by atoms with Crippen LogP contribution in [0.25, 0.3) is 10.9 Å². The first-order chi connectivity index (χ1) is 11.7. The summed E-state index contributed by atoms with van der Waals surface area (Å²) in [4.78, 5) is 9.72. The predicted octanol–water partition coefficient (Wildman–Crippen LogP) is 4.13. The van der Waals surface area contributed by atoms with Crippen molar-refractivity contribution >= 4 is 40.8 Å². The SMILES string of the molecule is CN=C(NCc1cc2ccccc2[nH]1)N(C)Cc1ccc(F)cc1.I. The Morgan fingerprint density at radius 1 is 1.16 bits per heavy atom. The molecule has 4 nitrogen and oxygen atoms in total. The van der Waals surface area contributed by atoms with Crippen LogP contribution in [0, 0.1) is 5.82 Å². The van der Waals surface area contributed by atoms with Crippen LogP contribution in [0.4, 0.5) is 4.39 Å². The van der Waals surface area contributed by atoms with Crippen LogP contribution in [0.15, 0.2) is 59.6 Å². The molecule has 1 heterocycles. The maximum Gasteiger partial charge on any atom is 0.194 e. The molecule has 25 heavy (non-hydrogen) atoms. The van der Waals surface area contributed by atoms with E-state index >= 15 is 0 Å². The Kier molecular flexibility index (Phi) is 6.81. The summed E-state index contributed by atoms with van der Waals surface area (Å²) in [6.45, 7) is 1.32. The lowest BCUT2D eigenvalue weighted by Gasteiger charge is -2.22. The number of aromatic amines is 1. The number of nitrogens with zero attached hydrogens (tertiary/aromatic N) is 2. The Bertz CT molecular complexity index is 809. The van der Waals surface area contributed by atoms with Crippen molar-refractivity contribution in [3.05, 3.63) is 71.7 Å². The second-order valence-electron chi connectivity index (χ2n) is 5.77. The minimum Gasteiger partial charge on any atom is -0.357 e. The lowest BCUT2D eigenvalue weighted by Crippen LogP contribution is -2.38. The number of halogens is 2. The Morgan fingerprint density at radius 2 is 1.88 bits per heavy atom. The van der Waals surface area contributed by atoms with Crippen LogP contribution in [-0.2, 0) is 13.1 Å². The van der Waals surface area contributed by atoms with E-state index in [1.807, 2.05) is 24.1 Å². The molecule has 0 aliphatic carbocycles. The van der Waals surface area contributed by atoms with Gasteiger partial charge in [0.25, 0.3) is 0 Å². The van der Waals surface area contributed by atoms with Crippen molar-refractivity contribution in [2.75, 3.05) is 14.1 Å². The molecule has 132 valence electrons. The third-order valence-electron chi connectivity index (χ3n) is 3.93. The average molecular weight is 452 g/mol. The molecule has 0 radical (unpaired) electrons. The van der Waals surface area contributed by atoms with Crippen molar-refractivity contribution in [3.8, 4) is 0 Å². The molecule has 0 saturated carbocycles. The maximum atomic E-state index is 13.0. The summed E-state index contributed by atoms with van der Waals surface area (Å²) in [5.74, 6) is 0.570. The van der Waals surface area contributed by atoms with Crippen LogP contribution in [0.5, 0.6) is 0 Å². The number of guanidine groups is 1. The van der Waals surface area contributed by atoms with E-state index in [0.29, 0.717) is 13.1 Å². The molecule has 0 fully saturated rings. The number of H-pyrrole nitrogens is 1. The summed E-state index contributed by atoms with van der Waals surface area (Å²) in [5.41, 5.74) is 3.27. The highest BCUT2D eigenvalue weighted by Gasteiger charge is 2.08. The molecule has 0 aliphatic heterocycles. The van der Waals surface area contributed by atoms with Crippen molar-refractivity contribution in [1.29, 1.82) is 0 Å². The Hall–Kier alpha value is -2.09. The molecule has 3 aromatic rings. The molecule has 2 N–H and O–H groups in total. The molecule has 0 bridgehead atoms. The summed E-state index contributed by atoms with van der Waals surface area (Å²) >= 11 is 0. The van der Waals surface area contributed by atoms with Crippen LogP contribution in [-0.4, -0.2) is 29.9 Å². The van der Waals surface area contributed by atoms with Crippen LogP contribution in [0.3, 0.4) is 0 Å². The zero-order chi connectivity index (χ0) is 16.9. The molecule has 0 unspecified atom stereocenters. The van der Waals surface area contributed by atoms with E-state index in [1.165, 1.54) is 17.5 Å². The van der Waals surface area contributed by atoms with Crippen molar-refractivity contribution in [1.82, 2.24) is 15.2 Å². The summed E-state index contributed by atoms with van der Waals surface area (Å²) in [7, 11) is 3.72. The summed E-state index contributed by atoms with van der Waals surface area (Å²) in [6, 6.07) is 16.9. The van der Waals surface area contributed by atoms with E-state index in [4.69, 9.17) is 0 Å². The number of benzene rings is 2. The van der Waals surface area contributed by atoms with Gasteiger partial charge < -0.3 is 15.2 Å². The Morgan fingerprint density at radius 3 is 2.56 bits per heavy atom. The number of rotatable bonds is 4. The Balaban J connectivity index is 0.00000225. The number of hydrogen-bond donors (Lipinski definition) is 2. The van der Waals surface area contributed by atoms with Crippen molar-refractivity contribution in [2.45, 2.75) is 13.1 Å². The molecule has 2 aromatic carbocycles. The van der Waals surface area contributed by atoms with E-state index < -0.39 is 0 Å². The van der Waals surface area contributed by atoms with Gasteiger partial charge >= 0.3 is 0 Å². The molecule has 0 amide bonds. The molecule has 6 heteroatoms. The first-order valence-corrected chi connectivity index (χ1v) is 7.88. The zero-order valence-electron chi connectivity index (χ0n) is 14.3. The van der Waals surface area contributed by atoms with Crippen LogP contribution in [0.2, 0.25) is 0 Å². The fourth-order valence-electron chi connectivity index (χ4n) is 2.73. The summed E-state index contributed by atoms with van der Waals surface area (Å²) in [6.07, 6.45) is 0. The molecule has 0 saturated heterocycles. The molecule has 3 rings (SSSR count). The Labute approximate surface area is 164 Å². The van der Waals surface area contributed by atoms with Gasteiger partial charge in [0.05, 0.1) is 6.54 Å². The number of aliphatic imine (C=N–C) groups is 1. The lowest BCUT2D eigenvalue weighted by atomic mass is 10.2. The lowest BCUT2D eigenvalue weighted by molar-refractivity contribution is 0.475. The van der Waals surface area contributed by atoms with E-state index in [9.17, 15) is 4.39 Å². The van der Waals surface area contributed by atoms with Gasteiger partial charge in [0.1, 0.15) is 5.82 Å². The van der Waals surface area contributed by atoms with Crippen LogP contribution in [0.1, 0.15) is 11.3 Å². The first kappa shape index (κ1) is 19.2.